The van der Waals surface area contributed by atoms with Crippen molar-refractivity contribution in [3.8, 4) is 0 Å². The number of halogens is 3. The predicted octanol–water partition coefficient (Wildman–Crippen LogP) is 3.30. The molecule has 0 bridgehead atoms. The molecule has 0 saturated heterocycles. The second kappa shape index (κ2) is 5.18. The summed E-state index contributed by atoms with van der Waals surface area (Å²) in [6.07, 6.45) is 0. The first-order chi connectivity index (χ1) is 9.97. The van der Waals surface area contributed by atoms with Gasteiger partial charge in [0.1, 0.15) is 0 Å². The fourth-order valence-electron chi connectivity index (χ4n) is 2.22. The average molecular weight is 399 g/mol. The molecule has 0 spiro atoms. The van der Waals surface area contributed by atoms with Crippen molar-refractivity contribution in [3.63, 3.8) is 0 Å². The Labute approximate surface area is 132 Å². The maximum absolute atomic E-state index is 13.4. The Bertz CT molecular complexity index is 759. The summed E-state index contributed by atoms with van der Waals surface area (Å²) >= 11 is 2.15. The molecule has 0 unspecified atom stereocenters. The first-order valence-electron chi connectivity index (χ1n) is 6.07. The van der Waals surface area contributed by atoms with Gasteiger partial charge in [0.2, 0.25) is 0 Å². The van der Waals surface area contributed by atoms with Crippen molar-refractivity contribution < 1.29 is 18.4 Å². The van der Waals surface area contributed by atoms with Crippen LogP contribution >= 0.6 is 22.6 Å². The number of carbonyl (C=O) groups excluding carboxylic acids is 2. The quantitative estimate of drug-likeness (QED) is 0.574. The molecule has 0 aromatic heterocycles. The molecule has 3 rings (SSSR count). The van der Waals surface area contributed by atoms with Crippen LogP contribution < -0.4 is 4.90 Å². The first kappa shape index (κ1) is 14.1. The molecule has 0 fully saturated rings. The number of anilines is 1. The van der Waals surface area contributed by atoms with E-state index >= 15 is 0 Å². The summed E-state index contributed by atoms with van der Waals surface area (Å²) in [5.74, 6) is -3.79. The smallest absolute Gasteiger partial charge is 0.299 e. The van der Waals surface area contributed by atoms with Gasteiger partial charge in [0.15, 0.2) is 11.6 Å². The van der Waals surface area contributed by atoms with E-state index in [4.69, 9.17) is 0 Å². The molecule has 2 aromatic rings. The zero-order valence-corrected chi connectivity index (χ0v) is 12.7. The Morgan fingerprint density at radius 1 is 1.00 bits per heavy atom. The van der Waals surface area contributed by atoms with Crippen LogP contribution in [0, 0.1) is 15.2 Å². The summed E-state index contributed by atoms with van der Waals surface area (Å²) in [5.41, 5.74) is 0.820. The van der Waals surface area contributed by atoms with E-state index < -0.39 is 23.3 Å². The van der Waals surface area contributed by atoms with Crippen molar-refractivity contribution in [2.24, 2.45) is 0 Å². The van der Waals surface area contributed by atoms with E-state index in [2.05, 4.69) is 22.6 Å². The summed E-state index contributed by atoms with van der Waals surface area (Å²) in [7, 11) is 0. The monoisotopic (exact) mass is 399 g/mol. The third kappa shape index (κ3) is 2.44. The third-order valence-corrected chi connectivity index (χ3v) is 3.99. The molecule has 1 heterocycles. The summed E-state index contributed by atoms with van der Waals surface area (Å²) in [4.78, 5) is 25.0. The molecule has 0 atom stereocenters. The van der Waals surface area contributed by atoms with Crippen LogP contribution in [0.4, 0.5) is 14.5 Å². The number of carbonyl (C=O) groups is 2. The second-order valence-corrected chi connectivity index (χ2v) is 5.88. The molecule has 1 aliphatic heterocycles. The summed E-state index contributed by atoms with van der Waals surface area (Å²) in [6, 6.07) is 9.03. The van der Waals surface area contributed by atoms with E-state index in [0.29, 0.717) is 0 Å². The topological polar surface area (TPSA) is 37.4 Å². The number of hydrogen-bond acceptors (Lipinski definition) is 2. The number of hydrogen-bond donors (Lipinski definition) is 0. The molecule has 0 N–H and O–H groups in total. The van der Waals surface area contributed by atoms with Gasteiger partial charge in [-0.2, -0.15) is 0 Å². The van der Waals surface area contributed by atoms with Crippen LogP contribution in [0.5, 0.6) is 0 Å². The highest BCUT2D eigenvalue weighted by molar-refractivity contribution is 14.1. The highest BCUT2D eigenvalue weighted by Gasteiger charge is 2.37. The van der Waals surface area contributed by atoms with Crippen LogP contribution in [-0.2, 0) is 11.3 Å². The largest absolute Gasteiger partial charge is 0.300 e. The van der Waals surface area contributed by atoms with Crippen molar-refractivity contribution in [2.45, 2.75) is 6.54 Å². The number of fused-ring (bicyclic) bond motifs is 1. The summed E-state index contributed by atoms with van der Waals surface area (Å²) in [5, 5.41) is 0. The molecule has 1 aliphatic rings. The van der Waals surface area contributed by atoms with Gasteiger partial charge in [-0.25, -0.2) is 8.78 Å². The number of rotatable bonds is 2. The Hall–Kier alpha value is -1.83. The Morgan fingerprint density at radius 3 is 2.29 bits per heavy atom. The molecule has 21 heavy (non-hydrogen) atoms. The molecule has 0 radical (unpaired) electrons. The zero-order valence-electron chi connectivity index (χ0n) is 10.6. The summed E-state index contributed by atoms with van der Waals surface area (Å²) in [6.45, 7) is 0.138. The maximum Gasteiger partial charge on any atom is 0.299 e. The van der Waals surface area contributed by atoms with Crippen molar-refractivity contribution in [1.29, 1.82) is 0 Å². The van der Waals surface area contributed by atoms with Gasteiger partial charge >= 0.3 is 0 Å². The van der Waals surface area contributed by atoms with E-state index in [9.17, 15) is 18.4 Å². The molecular formula is C15H8F2INO2. The molecular weight excluding hydrogens is 391 g/mol. The van der Waals surface area contributed by atoms with Gasteiger partial charge in [0, 0.05) is 9.64 Å². The van der Waals surface area contributed by atoms with Gasteiger partial charge in [-0.05, 0) is 46.4 Å². The minimum absolute atomic E-state index is 0.0931. The SMILES string of the molecule is O=C1C(=O)N(Cc2ccc(I)cc2)c2cc(F)c(F)cc21. The van der Waals surface area contributed by atoms with Gasteiger partial charge in [0.25, 0.3) is 11.7 Å². The van der Waals surface area contributed by atoms with Crippen molar-refractivity contribution >= 4 is 40.0 Å². The molecule has 1 amide bonds. The molecule has 0 aliphatic carbocycles. The van der Waals surface area contributed by atoms with E-state index in [1.807, 2.05) is 24.3 Å². The number of Topliss-reactive ketones (excluding diaryl/α,β-unsaturated/α-hetero) is 1. The molecule has 106 valence electrons. The van der Waals surface area contributed by atoms with Crippen LogP contribution in [0.2, 0.25) is 0 Å². The maximum atomic E-state index is 13.4. The van der Waals surface area contributed by atoms with Crippen molar-refractivity contribution in [3.05, 3.63) is 62.7 Å². The van der Waals surface area contributed by atoms with Gasteiger partial charge in [0.05, 0.1) is 17.8 Å². The van der Waals surface area contributed by atoms with E-state index in [1.165, 1.54) is 4.90 Å². The van der Waals surface area contributed by atoms with Crippen LogP contribution in [0.3, 0.4) is 0 Å². The predicted molar refractivity (Wildman–Crippen MR) is 81.0 cm³/mol. The molecule has 0 saturated carbocycles. The lowest BCUT2D eigenvalue weighted by molar-refractivity contribution is -0.114. The molecule has 3 nitrogen and oxygen atoms in total. The van der Waals surface area contributed by atoms with Gasteiger partial charge in [-0.3, -0.25) is 9.59 Å². The Morgan fingerprint density at radius 2 is 1.62 bits per heavy atom. The third-order valence-electron chi connectivity index (χ3n) is 3.27. The van der Waals surface area contributed by atoms with Crippen molar-refractivity contribution in [2.75, 3.05) is 4.90 Å². The molecule has 6 heteroatoms. The second-order valence-electron chi connectivity index (χ2n) is 4.63. The number of nitrogens with zero attached hydrogens (tertiary/aromatic N) is 1. The average Bonchev–Trinajstić information content (AvgIpc) is 2.67. The van der Waals surface area contributed by atoms with E-state index in [0.717, 1.165) is 21.3 Å². The fourth-order valence-corrected chi connectivity index (χ4v) is 2.58. The minimum atomic E-state index is -1.13. The Kier molecular flexibility index (Phi) is 3.48. The number of ketones is 1. The van der Waals surface area contributed by atoms with Gasteiger partial charge in [-0.1, -0.05) is 12.1 Å². The lowest BCUT2D eigenvalue weighted by Crippen LogP contribution is -2.29. The number of benzene rings is 2. The number of amides is 1. The lowest BCUT2D eigenvalue weighted by atomic mass is 10.1. The van der Waals surface area contributed by atoms with Crippen LogP contribution in [-0.4, -0.2) is 11.7 Å². The minimum Gasteiger partial charge on any atom is -0.300 e. The van der Waals surface area contributed by atoms with Gasteiger partial charge in [-0.15, -0.1) is 0 Å². The van der Waals surface area contributed by atoms with Crippen LogP contribution in [0.25, 0.3) is 0 Å². The standard InChI is InChI=1S/C15H8F2INO2/c16-11-5-10-13(6-12(11)17)19(15(21)14(10)20)7-8-1-3-9(18)4-2-8/h1-6H,7H2. The van der Waals surface area contributed by atoms with E-state index in [1.54, 1.807) is 0 Å². The molecule has 2 aromatic carbocycles. The van der Waals surface area contributed by atoms with Crippen LogP contribution in [0.15, 0.2) is 36.4 Å². The highest BCUT2D eigenvalue weighted by Crippen LogP contribution is 2.32. The summed E-state index contributed by atoms with van der Waals surface area (Å²) < 4.78 is 27.6. The Balaban J connectivity index is 2.01. The van der Waals surface area contributed by atoms with Crippen molar-refractivity contribution in [1.82, 2.24) is 0 Å². The van der Waals surface area contributed by atoms with E-state index in [-0.39, 0.29) is 17.8 Å². The lowest BCUT2D eigenvalue weighted by Gasteiger charge is -2.16. The van der Waals surface area contributed by atoms with Gasteiger partial charge < -0.3 is 4.90 Å². The fraction of sp³-hybridized carbons (Fsp3) is 0.0667. The normalized spacial score (nSPS) is 13.8. The highest BCUT2D eigenvalue weighted by atomic mass is 127. The van der Waals surface area contributed by atoms with Crippen LogP contribution in [0.1, 0.15) is 15.9 Å². The zero-order chi connectivity index (χ0) is 15.1. The first-order valence-corrected chi connectivity index (χ1v) is 7.15.